The molecule has 23 heavy (non-hydrogen) atoms. The van der Waals surface area contributed by atoms with Gasteiger partial charge in [0.05, 0.1) is 0 Å². The molecule has 3 rings (SSSR count). The molecule has 0 aliphatic heterocycles. The first-order valence-electron chi connectivity index (χ1n) is 8.56. The second-order valence-corrected chi connectivity index (χ2v) is 6.74. The van der Waals surface area contributed by atoms with Crippen molar-refractivity contribution in [1.29, 1.82) is 0 Å². The van der Waals surface area contributed by atoms with Gasteiger partial charge in [-0.25, -0.2) is 0 Å². The molecule has 0 heterocycles. The van der Waals surface area contributed by atoms with Gasteiger partial charge in [0.15, 0.2) is 0 Å². The fourth-order valence-electron chi connectivity index (χ4n) is 3.52. The Morgan fingerprint density at radius 3 is 2.52 bits per heavy atom. The highest BCUT2D eigenvalue weighted by Crippen LogP contribution is 2.35. The van der Waals surface area contributed by atoms with Crippen molar-refractivity contribution >= 4 is 5.91 Å². The van der Waals surface area contributed by atoms with Crippen molar-refractivity contribution in [1.82, 2.24) is 4.90 Å². The number of carbonyl (C=O) groups excluding carboxylic acids is 1. The maximum atomic E-state index is 12.9. The van der Waals surface area contributed by atoms with E-state index in [1.807, 2.05) is 23.1 Å². The van der Waals surface area contributed by atoms with E-state index in [1.54, 1.807) is 0 Å². The first-order chi connectivity index (χ1) is 11.1. The molecule has 2 aromatic rings. The average Bonchev–Trinajstić information content (AvgIpc) is 2.96. The van der Waals surface area contributed by atoms with Crippen LogP contribution in [0, 0.1) is 0 Å². The third-order valence-electron chi connectivity index (χ3n) is 4.82. The van der Waals surface area contributed by atoms with Gasteiger partial charge in [0.25, 0.3) is 0 Å². The number of rotatable bonds is 5. The third-order valence-corrected chi connectivity index (χ3v) is 4.82. The fourth-order valence-corrected chi connectivity index (χ4v) is 3.52. The van der Waals surface area contributed by atoms with Crippen molar-refractivity contribution in [2.45, 2.75) is 51.6 Å². The lowest BCUT2D eigenvalue weighted by atomic mass is 9.97. The predicted molar refractivity (Wildman–Crippen MR) is 94.2 cm³/mol. The Morgan fingerprint density at radius 1 is 1.09 bits per heavy atom. The maximum Gasteiger partial charge on any atom is 0.223 e. The van der Waals surface area contributed by atoms with E-state index in [0.29, 0.717) is 18.9 Å². The van der Waals surface area contributed by atoms with Gasteiger partial charge in [-0.15, -0.1) is 0 Å². The minimum absolute atomic E-state index is 0.222. The van der Waals surface area contributed by atoms with Gasteiger partial charge >= 0.3 is 0 Å². The summed E-state index contributed by atoms with van der Waals surface area (Å²) in [6.07, 6.45) is 2.83. The highest BCUT2D eigenvalue weighted by Gasteiger charge is 2.27. The van der Waals surface area contributed by atoms with E-state index in [9.17, 15) is 4.79 Å². The highest BCUT2D eigenvalue weighted by molar-refractivity contribution is 5.77. The summed E-state index contributed by atoms with van der Waals surface area (Å²) in [6, 6.07) is 19.1. The summed E-state index contributed by atoms with van der Waals surface area (Å²) in [5.41, 5.74) is 4.00. The van der Waals surface area contributed by atoms with Crippen LogP contribution in [0.2, 0.25) is 0 Å². The maximum absolute atomic E-state index is 12.9. The fraction of sp³-hybridized carbons (Fsp3) is 0.381. The van der Waals surface area contributed by atoms with Gasteiger partial charge < -0.3 is 4.90 Å². The van der Waals surface area contributed by atoms with Gasteiger partial charge in [-0.1, -0.05) is 54.6 Å². The number of carbonyl (C=O) groups is 1. The molecule has 2 aromatic carbocycles. The molecule has 1 aliphatic rings. The van der Waals surface area contributed by atoms with E-state index in [1.165, 1.54) is 16.7 Å². The monoisotopic (exact) mass is 307 g/mol. The normalized spacial score (nSPS) is 16.4. The summed E-state index contributed by atoms with van der Waals surface area (Å²) >= 11 is 0. The topological polar surface area (TPSA) is 20.3 Å². The lowest BCUT2D eigenvalue weighted by molar-refractivity contribution is -0.134. The summed E-state index contributed by atoms with van der Waals surface area (Å²) < 4.78 is 0. The van der Waals surface area contributed by atoms with Crippen molar-refractivity contribution in [2.75, 3.05) is 0 Å². The van der Waals surface area contributed by atoms with E-state index in [2.05, 4.69) is 50.2 Å². The van der Waals surface area contributed by atoms with E-state index in [-0.39, 0.29) is 11.9 Å². The largest absolute Gasteiger partial charge is 0.336 e. The molecule has 2 nitrogen and oxygen atoms in total. The molecule has 0 N–H and O–H groups in total. The standard InChI is InChI=1S/C21H25NO/c1-16(2)22(15-17-8-4-3-5-9-17)21(23)14-19-13-12-18-10-6-7-11-20(18)19/h3-11,16,19H,12-15H2,1-2H3. The highest BCUT2D eigenvalue weighted by atomic mass is 16.2. The van der Waals surface area contributed by atoms with Crippen LogP contribution >= 0.6 is 0 Å². The first-order valence-corrected chi connectivity index (χ1v) is 8.56. The molecule has 2 heteroatoms. The number of benzene rings is 2. The van der Waals surface area contributed by atoms with Gasteiger partial charge in [0.2, 0.25) is 5.91 Å². The Kier molecular flexibility index (Phi) is 4.80. The third kappa shape index (κ3) is 3.64. The quantitative estimate of drug-likeness (QED) is 0.794. The number of aryl methyl sites for hydroxylation is 1. The lowest BCUT2D eigenvalue weighted by Gasteiger charge is -2.28. The molecule has 0 aromatic heterocycles. The molecule has 0 spiro atoms. The van der Waals surface area contributed by atoms with Crippen molar-refractivity contribution in [2.24, 2.45) is 0 Å². The molecule has 0 radical (unpaired) electrons. The van der Waals surface area contributed by atoms with Crippen LogP contribution in [0.3, 0.4) is 0 Å². The summed E-state index contributed by atoms with van der Waals surface area (Å²) in [4.78, 5) is 14.9. The zero-order chi connectivity index (χ0) is 16.2. The molecule has 0 fully saturated rings. The second-order valence-electron chi connectivity index (χ2n) is 6.74. The number of amides is 1. The summed E-state index contributed by atoms with van der Waals surface area (Å²) in [5.74, 6) is 0.654. The van der Waals surface area contributed by atoms with Crippen LogP contribution in [0.4, 0.5) is 0 Å². The molecule has 0 saturated heterocycles. The van der Waals surface area contributed by atoms with E-state index in [4.69, 9.17) is 0 Å². The molecule has 0 bridgehead atoms. The molecule has 1 amide bonds. The minimum atomic E-state index is 0.222. The predicted octanol–water partition coefficient (Wildman–Crippen LogP) is 4.54. The van der Waals surface area contributed by atoms with Crippen LogP contribution < -0.4 is 0 Å². The smallest absolute Gasteiger partial charge is 0.223 e. The molecule has 0 saturated carbocycles. The van der Waals surface area contributed by atoms with Crippen LogP contribution in [-0.4, -0.2) is 16.8 Å². The van der Waals surface area contributed by atoms with Gasteiger partial charge in [0, 0.05) is 19.0 Å². The van der Waals surface area contributed by atoms with Crippen LogP contribution in [-0.2, 0) is 17.8 Å². The Morgan fingerprint density at radius 2 is 1.78 bits per heavy atom. The van der Waals surface area contributed by atoms with Gasteiger partial charge in [-0.05, 0) is 49.3 Å². The average molecular weight is 307 g/mol. The van der Waals surface area contributed by atoms with Crippen molar-refractivity contribution in [3.8, 4) is 0 Å². The van der Waals surface area contributed by atoms with Crippen LogP contribution in [0.1, 0.15) is 49.3 Å². The minimum Gasteiger partial charge on any atom is -0.336 e. The SMILES string of the molecule is CC(C)N(Cc1ccccc1)C(=O)CC1CCc2ccccc21. The summed E-state index contributed by atoms with van der Waals surface area (Å²) in [7, 11) is 0. The Labute approximate surface area is 139 Å². The Bertz CT molecular complexity index is 663. The molecular weight excluding hydrogens is 282 g/mol. The van der Waals surface area contributed by atoms with Crippen LogP contribution in [0.25, 0.3) is 0 Å². The van der Waals surface area contributed by atoms with Crippen molar-refractivity contribution < 1.29 is 4.79 Å². The molecule has 1 unspecified atom stereocenters. The first kappa shape index (κ1) is 15.8. The number of hydrogen-bond donors (Lipinski definition) is 0. The zero-order valence-corrected chi connectivity index (χ0v) is 14.0. The van der Waals surface area contributed by atoms with E-state index < -0.39 is 0 Å². The van der Waals surface area contributed by atoms with E-state index in [0.717, 1.165) is 12.8 Å². The Hall–Kier alpha value is -2.09. The molecule has 120 valence electrons. The van der Waals surface area contributed by atoms with Crippen LogP contribution in [0.5, 0.6) is 0 Å². The van der Waals surface area contributed by atoms with Gasteiger partial charge in [-0.2, -0.15) is 0 Å². The van der Waals surface area contributed by atoms with Crippen LogP contribution in [0.15, 0.2) is 54.6 Å². The molecule has 1 atom stereocenters. The zero-order valence-electron chi connectivity index (χ0n) is 14.0. The number of fused-ring (bicyclic) bond motifs is 1. The Balaban J connectivity index is 1.70. The summed E-state index contributed by atoms with van der Waals surface area (Å²) in [5, 5.41) is 0. The second kappa shape index (κ2) is 6.99. The number of hydrogen-bond acceptors (Lipinski definition) is 1. The van der Waals surface area contributed by atoms with Crippen molar-refractivity contribution in [3.05, 3.63) is 71.3 Å². The molecule has 1 aliphatic carbocycles. The van der Waals surface area contributed by atoms with Crippen molar-refractivity contribution in [3.63, 3.8) is 0 Å². The van der Waals surface area contributed by atoms with Gasteiger partial charge in [-0.3, -0.25) is 4.79 Å². The lowest BCUT2D eigenvalue weighted by Crippen LogP contribution is -2.37. The molecular formula is C21H25NO. The number of nitrogens with zero attached hydrogens (tertiary/aromatic N) is 1. The summed E-state index contributed by atoms with van der Waals surface area (Å²) in [6.45, 7) is 4.90. The van der Waals surface area contributed by atoms with Gasteiger partial charge in [0.1, 0.15) is 0 Å². The van der Waals surface area contributed by atoms with E-state index >= 15 is 0 Å².